The van der Waals surface area contributed by atoms with Crippen molar-refractivity contribution in [3.63, 3.8) is 0 Å². The average molecular weight is 239 g/mol. The van der Waals surface area contributed by atoms with Crippen LogP contribution in [0.4, 0.5) is 0 Å². The summed E-state index contributed by atoms with van der Waals surface area (Å²) < 4.78 is 0. The van der Waals surface area contributed by atoms with E-state index in [1.807, 2.05) is 0 Å². The molecule has 3 unspecified atom stereocenters. The molecular weight excluding hydrogens is 210 g/mol. The molecule has 2 fully saturated rings. The summed E-state index contributed by atoms with van der Waals surface area (Å²) in [7, 11) is 4.40. The van der Waals surface area contributed by atoms with Crippen LogP contribution in [0.1, 0.15) is 39.0 Å². The second-order valence-corrected chi connectivity index (χ2v) is 6.31. The highest BCUT2D eigenvalue weighted by Crippen LogP contribution is 2.39. The first-order chi connectivity index (χ1) is 8.10. The maximum absolute atomic E-state index is 6.17. The van der Waals surface area contributed by atoms with Gasteiger partial charge in [-0.3, -0.25) is 4.90 Å². The van der Waals surface area contributed by atoms with Gasteiger partial charge in [0.2, 0.25) is 0 Å². The molecule has 0 aromatic heterocycles. The van der Waals surface area contributed by atoms with E-state index >= 15 is 0 Å². The Kier molecular flexibility index (Phi) is 4.11. The minimum atomic E-state index is 0.309. The Hall–Kier alpha value is -0.120. The maximum atomic E-state index is 6.17. The molecule has 17 heavy (non-hydrogen) atoms. The van der Waals surface area contributed by atoms with E-state index in [1.165, 1.54) is 45.2 Å². The normalized spacial score (nSPS) is 40.1. The Labute approximate surface area is 106 Å². The van der Waals surface area contributed by atoms with Crippen molar-refractivity contribution in [2.45, 2.75) is 50.6 Å². The summed E-state index contributed by atoms with van der Waals surface area (Å²) in [5, 5.41) is 0. The van der Waals surface area contributed by atoms with Crippen molar-refractivity contribution >= 4 is 0 Å². The first-order valence-electron chi connectivity index (χ1n) is 7.21. The summed E-state index contributed by atoms with van der Waals surface area (Å²) in [6.45, 7) is 5.71. The van der Waals surface area contributed by atoms with Crippen molar-refractivity contribution in [2.24, 2.45) is 11.7 Å². The second kappa shape index (κ2) is 5.25. The van der Waals surface area contributed by atoms with Crippen LogP contribution in [0, 0.1) is 5.92 Å². The van der Waals surface area contributed by atoms with Gasteiger partial charge in [0.15, 0.2) is 0 Å². The molecule has 3 nitrogen and oxygen atoms in total. The average Bonchev–Trinajstić information content (AvgIpc) is 2.80. The molecule has 100 valence electrons. The Morgan fingerprint density at radius 2 is 2.06 bits per heavy atom. The maximum Gasteiger partial charge on any atom is 0.0357 e. The first-order valence-corrected chi connectivity index (χ1v) is 7.21. The molecule has 3 atom stereocenters. The van der Waals surface area contributed by atoms with E-state index in [1.54, 1.807) is 0 Å². The van der Waals surface area contributed by atoms with E-state index in [-0.39, 0.29) is 0 Å². The van der Waals surface area contributed by atoms with Crippen LogP contribution < -0.4 is 5.73 Å². The van der Waals surface area contributed by atoms with Crippen molar-refractivity contribution in [1.29, 1.82) is 0 Å². The molecule has 2 N–H and O–H groups in total. The highest BCUT2D eigenvalue weighted by molar-refractivity contribution is 5.01. The van der Waals surface area contributed by atoms with Gasteiger partial charge in [-0.05, 0) is 39.3 Å². The third-order valence-electron chi connectivity index (χ3n) is 5.29. The van der Waals surface area contributed by atoms with Crippen molar-refractivity contribution in [3.05, 3.63) is 0 Å². The van der Waals surface area contributed by atoms with Crippen molar-refractivity contribution in [3.8, 4) is 0 Å². The van der Waals surface area contributed by atoms with Gasteiger partial charge in [0.25, 0.3) is 0 Å². The van der Waals surface area contributed by atoms with Gasteiger partial charge in [0, 0.05) is 31.2 Å². The molecule has 0 spiro atoms. The lowest BCUT2D eigenvalue weighted by atomic mass is 9.72. The van der Waals surface area contributed by atoms with Gasteiger partial charge in [0.05, 0.1) is 0 Å². The van der Waals surface area contributed by atoms with Crippen molar-refractivity contribution < 1.29 is 0 Å². The van der Waals surface area contributed by atoms with Crippen LogP contribution in [-0.4, -0.2) is 55.1 Å². The van der Waals surface area contributed by atoms with Gasteiger partial charge in [0.1, 0.15) is 0 Å². The summed E-state index contributed by atoms with van der Waals surface area (Å²) in [6.07, 6.45) is 6.74. The summed E-state index contributed by atoms with van der Waals surface area (Å²) in [5.74, 6) is 0.766. The van der Waals surface area contributed by atoms with Crippen LogP contribution in [0.2, 0.25) is 0 Å². The molecule has 0 radical (unpaired) electrons. The lowest BCUT2D eigenvalue weighted by molar-refractivity contribution is 0.0274. The largest absolute Gasteiger partial charge is 0.329 e. The standard InChI is InChI=1S/C14H29N3/c1-12-6-4-5-8-14(12,11-15)17-9-7-13(10-17)16(2)3/h12-13H,4-11,15H2,1-3H3. The van der Waals surface area contributed by atoms with E-state index in [0.717, 1.165) is 18.5 Å². The second-order valence-electron chi connectivity index (χ2n) is 6.31. The van der Waals surface area contributed by atoms with Crippen molar-refractivity contribution in [1.82, 2.24) is 9.80 Å². The Balaban J connectivity index is 2.08. The fraction of sp³-hybridized carbons (Fsp3) is 1.00. The topological polar surface area (TPSA) is 32.5 Å². The van der Waals surface area contributed by atoms with Gasteiger partial charge in [-0.1, -0.05) is 19.8 Å². The molecule has 2 aliphatic rings. The third-order valence-corrected chi connectivity index (χ3v) is 5.29. The van der Waals surface area contributed by atoms with E-state index in [0.29, 0.717) is 5.54 Å². The highest BCUT2D eigenvalue weighted by atomic mass is 15.3. The predicted octanol–water partition coefficient (Wildman–Crippen LogP) is 1.53. The Morgan fingerprint density at radius 3 is 2.59 bits per heavy atom. The summed E-state index contributed by atoms with van der Waals surface area (Å²) in [6, 6.07) is 0.729. The van der Waals surface area contributed by atoms with Crippen molar-refractivity contribution in [2.75, 3.05) is 33.7 Å². The summed E-state index contributed by atoms with van der Waals surface area (Å²) >= 11 is 0. The lowest BCUT2D eigenvalue weighted by Crippen LogP contribution is -2.58. The SMILES string of the molecule is CC1CCCCC1(CN)N1CCC(N(C)C)C1. The fourth-order valence-corrected chi connectivity index (χ4v) is 3.87. The monoisotopic (exact) mass is 239 g/mol. The molecule has 2 rings (SSSR count). The Morgan fingerprint density at radius 1 is 1.29 bits per heavy atom. The number of likely N-dealkylation sites (N-methyl/N-ethyl adjacent to an activating group) is 1. The molecule has 1 aliphatic carbocycles. The van der Waals surface area contributed by atoms with Gasteiger partial charge in [-0.15, -0.1) is 0 Å². The fourth-order valence-electron chi connectivity index (χ4n) is 3.87. The quantitative estimate of drug-likeness (QED) is 0.811. The highest BCUT2D eigenvalue weighted by Gasteiger charge is 2.44. The minimum absolute atomic E-state index is 0.309. The third kappa shape index (κ3) is 2.38. The van der Waals surface area contributed by atoms with E-state index in [9.17, 15) is 0 Å². The van der Waals surface area contributed by atoms with E-state index in [2.05, 4.69) is 30.8 Å². The van der Waals surface area contributed by atoms with Crippen LogP contribution in [-0.2, 0) is 0 Å². The zero-order chi connectivity index (χ0) is 12.5. The molecule has 0 aromatic rings. The van der Waals surface area contributed by atoms with Gasteiger partial charge < -0.3 is 10.6 Å². The van der Waals surface area contributed by atoms with Crippen LogP contribution in [0.3, 0.4) is 0 Å². The molecule has 1 saturated carbocycles. The number of nitrogens with zero attached hydrogens (tertiary/aromatic N) is 2. The molecule has 1 saturated heterocycles. The zero-order valence-electron chi connectivity index (χ0n) is 11.8. The molecular formula is C14H29N3. The number of rotatable bonds is 3. The van der Waals surface area contributed by atoms with E-state index in [4.69, 9.17) is 5.73 Å². The van der Waals surface area contributed by atoms with Crippen LogP contribution >= 0.6 is 0 Å². The zero-order valence-corrected chi connectivity index (χ0v) is 11.8. The number of hydrogen-bond acceptors (Lipinski definition) is 3. The summed E-state index contributed by atoms with van der Waals surface area (Å²) in [4.78, 5) is 5.08. The first kappa shape index (κ1) is 13.3. The number of likely N-dealkylation sites (tertiary alicyclic amines) is 1. The molecule has 0 amide bonds. The number of hydrogen-bond donors (Lipinski definition) is 1. The molecule has 1 heterocycles. The lowest BCUT2D eigenvalue weighted by Gasteiger charge is -2.49. The number of nitrogens with two attached hydrogens (primary N) is 1. The van der Waals surface area contributed by atoms with Crippen LogP contribution in [0.15, 0.2) is 0 Å². The Bertz CT molecular complexity index is 254. The molecule has 0 aromatic carbocycles. The van der Waals surface area contributed by atoms with Crippen LogP contribution in [0.25, 0.3) is 0 Å². The van der Waals surface area contributed by atoms with Gasteiger partial charge in [-0.25, -0.2) is 0 Å². The molecule has 3 heteroatoms. The molecule has 0 bridgehead atoms. The van der Waals surface area contributed by atoms with Gasteiger partial charge >= 0.3 is 0 Å². The van der Waals surface area contributed by atoms with E-state index < -0.39 is 0 Å². The smallest absolute Gasteiger partial charge is 0.0357 e. The summed E-state index contributed by atoms with van der Waals surface area (Å²) in [5.41, 5.74) is 6.48. The predicted molar refractivity (Wildman–Crippen MR) is 73.1 cm³/mol. The van der Waals surface area contributed by atoms with Crippen LogP contribution in [0.5, 0.6) is 0 Å². The molecule has 1 aliphatic heterocycles. The van der Waals surface area contributed by atoms with Gasteiger partial charge in [-0.2, -0.15) is 0 Å². The minimum Gasteiger partial charge on any atom is -0.329 e.